The van der Waals surface area contributed by atoms with E-state index in [4.69, 9.17) is 0 Å². The van der Waals surface area contributed by atoms with Crippen LogP contribution < -0.4 is 10.9 Å². The normalized spacial score (nSPS) is 11.1. The summed E-state index contributed by atoms with van der Waals surface area (Å²) in [7, 11) is 0. The molecule has 3 rings (SSSR count). The van der Waals surface area contributed by atoms with Crippen LogP contribution >= 0.6 is 11.3 Å². The summed E-state index contributed by atoms with van der Waals surface area (Å²) in [6.45, 7) is 3.58. The highest BCUT2D eigenvalue weighted by molar-refractivity contribution is 7.10. The fourth-order valence-corrected chi connectivity index (χ4v) is 3.28. The third-order valence-electron chi connectivity index (χ3n) is 3.43. The van der Waals surface area contributed by atoms with Crippen molar-refractivity contribution < 1.29 is 0 Å². The van der Waals surface area contributed by atoms with E-state index in [0.29, 0.717) is 12.2 Å². The summed E-state index contributed by atoms with van der Waals surface area (Å²) in [4.78, 5) is 17.8. The summed E-state index contributed by atoms with van der Waals surface area (Å²) < 4.78 is 1.55. The van der Waals surface area contributed by atoms with Crippen LogP contribution in [0.3, 0.4) is 0 Å². The van der Waals surface area contributed by atoms with Crippen LogP contribution in [0.1, 0.15) is 23.1 Å². The number of pyridine rings is 1. The molecule has 0 fully saturated rings. The van der Waals surface area contributed by atoms with Crippen molar-refractivity contribution in [1.82, 2.24) is 14.7 Å². The van der Waals surface area contributed by atoms with Gasteiger partial charge in [-0.25, -0.2) is 4.98 Å². The Morgan fingerprint density at radius 2 is 2.19 bits per heavy atom. The molecule has 0 saturated carbocycles. The van der Waals surface area contributed by atoms with Gasteiger partial charge in [-0.1, -0.05) is 13.0 Å². The maximum atomic E-state index is 12.0. The topological polar surface area (TPSA) is 46.4 Å². The second-order valence-corrected chi connectivity index (χ2v) is 5.84. The van der Waals surface area contributed by atoms with E-state index in [1.54, 1.807) is 28.0 Å². The lowest BCUT2D eigenvalue weighted by atomic mass is 10.2. The van der Waals surface area contributed by atoms with Crippen molar-refractivity contribution in [3.8, 4) is 0 Å². The van der Waals surface area contributed by atoms with Crippen molar-refractivity contribution in [3.63, 3.8) is 0 Å². The molecule has 1 N–H and O–H groups in total. The SMILES string of the molecule is CCc1ccsc1CNCc1cc(=O)n2ccccc2n1. The number of rotatable bonds is 5. The molecule has 3 aromatic rings. The Bertz CT molecular complexity index is 806. The lowest BCUT2D eigenvalue weighted by Crippen LogP contribution is -2.19. The molecule has 0 radical (unpaired) electrons. The highest BCUT2D eigenvalue weighted by atomic mass is 32.1. The number of aryl methyl sites for hydroxylation is 1. The molecule has 0 aliphatic rings. The Morgan fingerprint density at radius 3 is 3.05 bits per heavy atom. The molecule has 108 valence electrons. The van der Waals surface area contributed by atoms with Gasteiger partial charge in [0.15, 0.2) is 0 Å². The number of nitrogens with zero attached hydrogens (tertiary/aromatic N) is 2. The van der Waals surface area contributed by atoms with Crippen LogP contribution in [0.2, 0.25) is 0 Å². The zero-order valence-electron chi connectivity index (χ0n) is 11.9. The van der Waals surface area contributed by atoms with Crippen LogP contribution in [-0.2, 0) is 19.5 Å². The minimum absolute atomic E-state index is 0.0391. The molecule has 0 unspecified atom stereocenters. The zero-order valence-corrected chi connectivity index (χ0v) is 12.7. The molecule has 5 heteroatoms. The summed E-state index contributed by atoms with van der Waals surface area (Å²) in [5, 5.41) is 5.49. The second kappa shape index (κ2) is 6.20. The van der Waals surface area contributed by atoms with Gasteiger partial charge in [0.05, 0.1) is 5.69 Å². The maximum Gasteiger partial charge on any atom is 0.258 e. The predicted octanol–water partition coefficient (Wildman–Crippen LogP) is 2.61. The van der Waals surface area contributed by atoms with E-state index < -0.39 is 0 Å². The second-order valence-electron chi connectivity index (χ2n) is 4.84. The molecule has 3 aromatic heterocycles. The molecule has 0 aromatic carbocycles. The van der Waals surface area contributed by atoms with Gasteiger partial charge in [0, 0.05) is 30.2 Å². The van der Waals surface area contributed by atoms with Gasteiger partial charge < -0.3 is 5.32 Å². The van der Waals surface area contributed by atoms with E-state index in [1.807, 2.05) is 18.2 Å². The average Bonchev–Trinajstić information content (AvgIpc) is 2.95. The van der Waals surface area contributed by atoms with Gasteiger partial charge in [-0.15, -0.1) is 11.3 Å². The van der Waals surface area contributed by atoms with Gasteiger partial charge in [-0.2, -0.15) is 0 Å². The molecule has 21 heavy (non-hydrogen) atoms. The first kappa shape index (κ1) is 14.0. The fourth-order valence-electron chi connectivity index (χ4n) is 2.33. The van der Waals surface area contributed by atoms with Gasteiger partial charge in [0.25, 0.3) is 5.56 Å². The summed E-state index contributed by atoms with van der Waals surface area (Å²) in [5.74, 6) is 0. The van der Waals surface area contributed by atoms with Crippen LogP contribution in [0.15, 0.2) is 46.7 Å². The molecule has 0 aliphatic carbocycles. The number of nitrogens with one attached hydrogen (secondary N) is 1. The summed E-state index contributed by atoms with van der Waals surface area (Å²) in [6.07, 6.45) is 2.79. The smallest absolute Gasteiger partial charge is 0.258 e. The summed E-state index contributed by atoms with van der Waals surface area (Å²) in [6, 6.07) is 9.33. The first-order chi connectivity index (χ1) is 10.3. The Morgan fingerprint density at radius 1 is 1.29 bits per heavy atom. The van der Waals surface area contributed by atoms with Crippen LogP contribution in [0.4, 0.5) is 0 Å². The molecule has 0 spiro atoms. The van der Waals surface area contributed by atoms with Crippen LogP contribution in [0.5, 0.6) is 0 Å². The predicted molar refractivity (Wildman–Crippen MR) is 85.7 cm³/mol. The summed E-state index contributed by atoms with van der Waals surface area (Å²) in [5.41, 5.74) is 2.81. The lowest BCUT2D eigenvalue weighted by Gasteiger charge is -2.06. The molecule has 4 nitrogen and oxygen atoms in total. The maximum absolute atomic E-state index is 12.0. The Kier molecular flexibility index (Phi) is 4.13. The minimum atomic E-state index is -0.0391. The third-order valence-corrected chi connectivity index (χ3v) is 4.40. The zero-order chi connectivity index (χ0) is 14.7. The fraction of sp³-hybridized carbons (Fsp3) is 0.250. The Hall–Kier alpha value is -1.98. The highest BCUT2D eigenvalue weighted by Gasteiger charge is 2.04. The van der Waals surface area contributed by atoms with Crippen molar-refractivity contribution in [3.05, 3.63) is 68.4 Å². The van der Waals surface area contributed by atoms with E-state index in [1.165, 1.54) is 10.4 Å². The average molecular weight is 299 g/mol. The van der Waals surface area contributed by atoms with Crippen LogP contribution in [0.25, 0.3) is 5.65 Å². The number of fused-ring (bicyclic) bond motifs is 1. The Labute approximate surface area is 127 Å². The van der Waals surface area contributed by atoms with Crippen molar-refractivity contribution in [2.45, 2.75) is 26.4 Å². The quantitative estimate of drug-likeness (QED) is 0.788. The van der Waals surface area contributed by atoms with Crippen molar-refractivity contribution >= 4 is 17.0 Å². The largest absolute Gasteiger partial charge is 0.306 e. The molecule has 0 atom stereocenters. The molecular weight excluding hydrogens is 282 g/mol. The molecule has 0 aliphatic heterocycles. The molecule has 0 amide bonds. The molecule has 0 bridgehead atoms. The van der Waals surface area contributed by atoms with Gasteiger partial charge in [0.1, 0.15) is 5.65 Å². The van der Waals surface area contributed by atoms with Gasteiger partial charge in [0.2, 0.25) is 0 Å². The molecular formula is C16H17N3OS. The van der Waals surface area contributed by atoms with Crippen molar-refractivity contribution in [2.75, 3.05) is 0 Å². The number of thiophene rings is 1. The van der Waals surface area contributed by atoms with Gasteiger partial charge in [-0.05, 0) is 35.6 Å². The van der Waals surface area contributed by atoms with Crippen LogP contribution in [0, 0.1) is 0 Å². The summed E-state index contributed by atoms with van der Waals surface area (Å²) >= 11 is 1.77. The number of hydrogen-bond donors (Lipinski definition) is 1. The van der Waals surface area contributed by atoms with Gasteiger partial charge in [-0.3, -0.25) is 9.20 Å². The Balaban J connectivity index is 1.72. The monoisotopic (exact) mass is 299 g/mol. The van der Waals surface area contributed by atoms with Crippen LogP contribution in [-0.4, -0.2) is 9.38 Å². The van der Waals surface area contributed by atoms with E-state index >= 15 is 0 Å². The molecule has 3 heterocycles. The minimum Gasteiger partial charge on any atom is -0.306 e. The van der Waals surface area contributed by atoms with E-state index in [-0.39, 0.29) is 5.56 Å². The molecule has 0 saturated heterocycles. The highest BCUT2D eigenvalue weighted by Crippen LogP contribution is 2.16. The lowest BCUT2D eigenvalue weighted by molar-refractivity contribution is 0.681. The first-order valence-corrected chi connectivity index (χ1v) is 7.89. The number of hydrogen-bond acceptors (Lipinski definition) is 4. The van der Waals surface area contributed by atoms with Crippen molar-refractivity contribution in [2.24, 2.45) is 0 Å². The van der Waals surface area contributed by atoms with E-state index in [9.17, 15) is 4.79 Å². The third kappa shape index (κ3) is 3.04. The first-order valence-electron chi connectivity index (χ1n) is 7.01. The standard InChI is InChI=1S/C16H17N3OS/c1-2-12-6-8-21-14(12)11-17-10-13-9-16(20)19-7-4-3-5-15(19)18-13/h3-9,17H,2,10-11H2,1H3. The van der Waals surface area contributed by atoms with E-state index in [0.717, 1.165) is 18.7 Å². The van der Waals surface area contributed by atoms with Crippen molar-refractivity contribution in [1.29, 1.82) is 0 Å². The van der Waals surface area contributed by atoms with Gasteiger partial charge >= 0.3 is 0 Å². The van der Waals surface area contributed by atoms with E-state index in [2.05, 4.69) is 28.7 Å². The number of aromatic nitrogens is 2.